The summed E-state index contributed by atoms with van der Waals surface area (Å²) in [5, 5.41) is 2.50. The molecule has 1 fully saturated rings. The van der Waals surface area contributed by atoms with Crippen LogP contribution in [0.5, 0.6) is 0 Å². The van der Waals surface area contributed by atoms with Crippen LogP contribution in [0.25, 0.3) is 17.2 Å². The molecule has 0 unspecified atom stereocenters. The summed E-state index contributed by atoms with van der Waals surface area (Å²) in [6.07, 6.45) is 7.85. The minimum Gasteiger partial charge on any atom is -0.463 e. The maximum Gasteiger partial charge on any atom is 0.408 e. The molecule has 2 aromatic heterocycles. The van der Waals surface area contributed by atoms with Crippen molar-refractivity contribution in [2.75, 3.05) is 56.2 Å². The molecule has 0 saturated carbocycles. The zero-order valence-electron chi connectivity index (χ0n) is 26.5. The van der Waals surface area contributed by atoms with Crippen LogP contribution in [0, 0.1) is 0 Å². The Labute approximate surface area is 264 Å². The van der Waals surface area contributed by atoms with Gasteiger partial charge in [0.1, 0.15) is 18.0 Å². The highest BCUT2D eigenvalue weighted by Gasteiger charge is 2.21. The van der Waals surface area contributed by atoms with Gasteiger partial charge in [0.25, 0.3) is 0 Å². The Morgan fingerprint density at radius 1 is 0.956 bits per heavy atom. The second-order valence-electron chi connectivity index (χ2n) is 11.6. The first-order valence-electron chi connectivity index (χ1n) is 14.9. The maximum absolute atomic E-state index is 12.5. The van der Waals surface area contributed by atoms with E-state index in [4.69, 9.17) is 9.47 Å². The third-order valence-corrected chi connectivity index (χ3v) is 6.88. The summed E-state index contributed by atoms with van der Waals surface area (Å²) >= 11 is 0. The molecule has 1 N–H and O–H groups in total. The molecule has 0 atom stereocenters. The van der Waals surface area contributed by atoms with Gasteiger partial charge in [-0.3, -0.25) is 4.79 Å². The zero-order valence-corrected chi connectivity index (χ0v) is 26.5. The standard InChI is InChI=1S/C33H41N7O5/c1-6-44-30(42)13-11-24-10-12-28(34-19-24)39-14-16-40(17-15-39)31-35-20-27(21-36-31)26-9-7-8-25(18-26)23-38(5)29(41)22-37-32(43)45-33(2,3)4/h7-13,18-21H,6,14-17,22-23H2,1-5H3,(H,37,43). The first kappa shape index (κ1) is 32.9. The summed E-state index contributed by atoms with van der Waals surface area (Å²) in [7, 11) is 1.69. The molecule has 1 saturated heterocycles. The van der Waals surface area contributed by atoms with Crippen molar-refractivity contribution in [2.24, 2.45) is 0 Å². The van der Waals surface area contributed by atoms with Gasteiger partial charge in [-0.05, 0) is 68.7 Å². The molecular formula is C33H41N7O5. The zero-order chi connectivity index (χ0) is 32.4. The molecule has 3 aromatic rings. The minimum absolute atomic E-state index is 0.145. The molecule has 4 rings (SSSR count). The molecular weight excluding hydrogens is 574 g/mol. The van der Waals surface area contributed by atoms with Gasteiger partial charge in [0.2, 0.25) is 11.9 Å². The summed E-state index contributed by atoms with van der Waals surface area (Å²) in [5.41, 5.74) is 2.97. The number of likely N-dealkylation sites (N-methyl/N-ethyl adjacent to an activating group) is 1. The molecule has 12 heteroatoms. The van der Waals surface area contributed by atoms with Crippen LogP contribution in [0.3, 0.4) is 0 Å². The van der Waals surface area contributed by atoms with E-state index in [9.17, 15) is 14.4 Å². The van der Waals surface area contributed by atoms with E-state index in [1.165, 1.54) is 6.08 Å². The van der Waals surface area contributed by atoms with Gasteiger partial charge < -0.3 is 29.5 Å². The number of rotatable bonds is 10. The Kier molecular flexibility index (Phi) is 11.1. The Morgan fingerprint density at radius 2 is 1.67 bits per heavy atom. The van der Waals surface area contributed by atoms with Crippen molar-refractivity contribution >= 4 is 35.8 Å². The predicted octanol–water partition coefficient (Wildman–Crippen LogP) is 3.92. The van der Waals surface area contributed by atoms with Crippen molar-refractivity contribution in [1.82, 2.24) is 25.2 Å². The Hall–Kier alpha value is -5.00. The minimum atomic E-state index is -0.629. The van der Waals surface area contributed by atoms with Gasteiger partial charge in [-0.15, -0.1) is 0 Å². The van der Waals surface area contributed by atoms with Crippen molar-refractivity contribution in [3.05, 3.63) is 72.2 Å². The Balaban J connectivity index is 1.28. The van der Waals surface area contributed by atoms with Crippen molar-refractivity contribution in [2.45, 2.75) is 39.8 Å². The molecule has 3 heterocycles. The van der Waals surface area contributed by atoms with Gasteiger partial charge in [0.05, 0.1) is 6.61 Å². The van der Waals surface area contributed by atoms with E-state index in [2.05, 4.69) is 30.1 Å². The van der Waals surface area contributed by atoms with E-state index in [1.807, 2.05) is 48.8 Å². The smallest absolute Gasteiger partial charge is 0.408 e. The van der Waals surface area contributed by atoms with E-state index in [1.54, 1.807) is 51.9 Å². The molecule has 0 spiro atoms. The highest BCUT2D eigenvalue weighted by atomic mass is 16.6. The van der Waals surface area contributed by atoms with Crippen LogP contribution < -0.4 is 15.1 Å². The lowest BCUT2D eigenvalue weighted by molar-refractivity contribution is -0.137. The topological polar surface area (TPSA) is 130 Å². The molecule has 1 aliphatic rings. The number of alkyl carbamates (subject to hydrolysis) is 1. The highest BCUT2D eigenvalue weighted by Crippen LogP contribution is 2.22. The molecule has 2 amide bonds. The largest absolute Gasteiger partial charge is 0.463 e. The monoisotopic (exact) mass is 615 g/mol. The number of nitrogens with zero attached hydrogens (tertiary/aromatic N) is 6. The van der Waals surface area contributed by atoms with Crippen molar-refractivity contribution < 1.29 is 23.9 Å². The molecule has 0 bridgehead atoms. The number of carbonyl (C=O) groups is 3. The van der Waals surface area contributed by atoms with Crippen LogP contribution in [0.4, 0.5) is 16.6 Å². The molecule has 0 radical (unpaired) electrons. The van der Waals surface area contributed by atoms with Gasteiger partial charge >= 0.3 is 12.1 Å². The average Bonchev–Trinajstić information content (AvgIpc) is 3.02. The lowest BCUT2D eigenvalue weighted by Gasteiger charge is -2.35. The Bertz CT molecular complexity index is 1480. The second kappa shape index (κ2) is 15.1. The number of anilines is 2. The highest BCUT2D eigenvalue weighted by molar-refractivity contribution is 5.87. The van der Waals surface area contributed by atoms with Crippen LogP contribution in [0.15, 0.2) is 61.1 Å². The molecule has 0 aliphatic carbocycles. The first-order valence-corrected chi connectivity index (χ1v) is 14.9. The molecule has 12 nitrogen and oxygen atoms in total. The molecule has 1 aromatic carbocycles. The Morgan fingerprint density at radius 3 is 2.31 bits per heavy atom. The van der Waals surface area contributed by atoms with E-state index >= 15 is 0 Å². The number of benzene rings is 1. The van der Waals surface area contributed by atoms with E-state index in [0.717, 1.165) is 54.3 Å². The number of amides is 2. The number of ether oxygens (including phenoxy) is 2. The number of hydrogen-bond acceptors (Lipinski definition) is 10. The average molecular weight is 616 g/mol. The third kappa shape index (κ3) is 10.0. The number of piperazine rings is 1. The van der Waals surface area contributed by atoms with Gasteiger partial charge in [-0.1, -0.05) is 18.2 Å². The van der Waals surface area contributed by atoms with Crippen molar-refractivity contribution in [3.8, 4) is 11.1 Å². The van der Waals surface area contributed by atoms with Crippen LogP contribution >= 0.6 is 0 Å². The number of hydrogen-bond donors (Lipinski definition) is 1. The van der Waals surface area contributed by atoms with Crippen LogP contribution in [-0.4, -0.2) is 89.8 Å². The second-order valence-corrected chi connectivity index (χ2v) is 11.6. The fourth-order valence-corrected chi connectivity index (χ4v) is 4.62. The summed E-state index contributed by atoms with van der Waals surface area (Å²) in [6.45, 7) is 10.7. The van der Waals surface area contributed by atoms with Gasteiger partial charge in [0.15, 0.2) is 0 Å². The van der Waals surface area contributed by atoms with Crippen LogP contribution in [0.1, 0.15) is 38.8 Å². The molecule has 238 valence electrons. The number of carbonyl (C=O) groups excluding carboxylic acids is 3. The summed E-state index contributed by atoms with van der Waals surface area (Å²) in [6, 6.07) is 11.8. The van der Waals surface area contributed by atoms with Crippen LogP contribution in [0.2, 0.25) is 0 Å². The van der Waals surface area contributed by atoms with E-state index in [-0.39, 0.29) is 18.4 Å². The van der Waals surface area contributed by atoms with E-state index < -0.39 is 11.7 Å². The normalized spacial score (nSPS) is 13.4. The SMILES string of the molecule is CCOC(=O)C=Cc1ccc(N2CCN(c3ncc(-c4cccc(CN(C)C(=O)CNC(=O)OC(C)(C)C)c4)cn3)CC2)nc1. The van der Waals surface area contributed by atoms with Crippen molar-refractivity contribution in [3.63, 3.8) is 0 Å². The lowest BCUT2D eigenvalue weighted by atomic mass is 10.1. The maximum atomic E-state index is 12.5. The van der Waals surface area contributed by atoms with Crippen molar-refractivity contribution in [1.29, 1.82) is 0 Å². The predicted molar refractivity (Wildman–Crippen MR) is 173 cm³/mol. The number of esters is 1. The number of nitrogens with one attached hydrogen (secondary N) is 1. The van der Waals surface area contributed by atoms with Gasteiger partial charge in [-0.25, -0.2) is 24.5 Å². The van der Waals surface area contributed by atoms with Gasteiger partial charge in [0, 0.05) is 70.0 Å². The summed E-state index contributed by atoms with van der Waals surface area (Å²) < 4.78 is 10.1. The fourth-order valence-electron chi connectivity index (χ4n) is 4.62. The molecule has 45 heavy (non-hydrogen) atoms. The third-order valence-electron chi connectivity index (χ3n) is 6.88. The number of pyridine rings is 1. The summed E-state index contributed by atoms with van der Waals surface area (Å²) in [4.78, 5) is 55.7. The fraction of sp³-hybridized carbons (Fsp3) is 0.394. The quantitative estimate of drug-likeness (QED) is 0.265. The van der Waals surface area contributed by atoms with E-state index in [0.29, 0.717) is 19.1 Å². The molecule has 1 aliphatic heterocycles. The number of aromatic nitrogens is 3. The first-order chi connectivity index (χ1) is 21.5. The van der Waals surface area contributed by atoms with Crippen LogP contribution in [-0.2, 0) is 25.6 Å². The summed E-state index contributed by atoms with van der Waals surface area (Å²) in [5.74, 6) is 0.954. The lowest BCUT2D eigenvalue weighted by Crippen LogP contribution is -2.47. The van der Waals surface area contributed by atoms with Gasteiger partial charge in [-0.2, -0.15) is 0 Å².